The van der Waals surface area contributed by atoms with Crippen LogP contribution in [0, 0.1) is 0 Å². The van der Waals surface area contributed by atoms with E-state index >= 15 is 0 Å². The first-order valence-corrected chi connectivity index (χ1v) is 6.60. The van der Waals surface area contributed by atoms with E-state index in [1.807, 2.05) is 34.6 Å². The summed E-state index contributed by atoms with van der Waals surface area (Å²) in [5.41, 5.74) is 0. The van der Waals surface area contributed by atoms with Gasteiger partial charge in [0.1, 0.15) is 24.4 Å². The van der Waals surface area contributed by atoms with E-state index in [1.54, 1.807) is 0 Å². The average molecular weight is 258 g/mol. The Kier molecular flexibility index (Phi) is 2.78. The molecule has 0 amide bonds. The Labute approximate surface area is 108 Å². The Bertz CT molecular complexity index is 340. The standard InChI is InChI=1S/C13H22O5/c1-7-9-11(18-13(4,5)17-9)10(15-7)8-6-14-12(2,3)16-8/h7-11H,6H2,1-5H3/t7?,8?,9?,10-,11?/m0/s1. The second-order valence-corrected chi connectivity index (χ2v) is 6.24. The van der Waals surface area contributed by atoms with Gasteiger partial charge < -0.3 is 23.7 Å². The van der Waals surface area contributed by atoms with E-state index in [9.17, 15) is 0 Å². The molecule has 3 aliphatic heterocycles. The van der Waals surface area contributed by atoms with Crippen LogP contribution in [0.4, 0.5) is 0 Å². The van der Waals surface area contributed by atoms with Crippen LogP contribution in [0.5, 0.6) is 0 Å². The largest absolute Gasteiger partial charge is 0.367 e. The lowest BCUT2D eigenvalue weighted by molar-refractivity contribution is -0.204. The van der Waals surface area contributed by atoms with Crippen LogP contribution in [0.15, 0.2) is 0 Å². The summed E-state index contributed by atoms with van der Waals surface area (Å²) in [6.45, 7) is 10.3. The summed E-state index contributed by atoms with van der Waals surface area (Å²) < 4.78 is 29.3. The molecule has 3 saturated heterocycles. The van der Waals surface area contributed by atoms with Crippen molar-refractivity contribution in [1.29, 1.82) is 0 Å². The summed E-state index contributed by atoms with van der Waals surface area (Å²) in [6.07, 6.45) is -0.271. The molecular weight excluding hydrogens is 236 g/mol. The third kappa shape index (κ3) is 2.08. The van der Waals surface area contributed by atoms with Gasteiger partial charge in [-0.25, -0.2) is 0 Å². The van der Waals surface area contributed by atoms with Gasteiger partial charge in [0.15, 0.2) is 11.6 Å². The van der Waals surface area contributed by atoms with E-state index < -0.39 is 11.6 Å². The molecule has 0 saturated carbocycles. The van der Waals surface area contributed by atoms with Crippen molar-refractivity contribution in [2.75, 3.05) is 6.61 Å². The fraction of sp³-hybridized carbons (Fsp3) is 1.00. The number of rotatable bonds is 1. The maximum absolute atomic E-state index is 5.95. The number of hydrogen-bond acceptors (Lipinski definition) is 5. The molecule has 3 fully saturated rings. The van der Waals surface area contributed by atoms with Crippen LogP contribution >= 0.6 is 0 Å². The molecule has 0 radical (unpaired) electrons. The highest BCUT2D eigenvalue weighted by atomic mass is 16.8. The second kappa shape index (κ2) is 3.90. The van der Waals surface area contributed by atoms with Gasteiger partial charge in [-0.05, 0) is 34.6 Å². The summed E-state index contributed by atoms with van der Waals surface area (Å²) in [6, 6.07) is 0. The minimum absolute atomic E-state index is 0.0164. The zero-order chi connectivity index (χ0) is 13.1. The van der Waals surface area contributed by atoms with Crippen LogP contribution in [0.1, 0.15) is 34.6 Å². The van der Waals surface area contributed by atoms with Crippen molar-refractivity contribution >= 4 is 0 Å². The smallest absolute Gasteiger partial charge is 0.164 e. The Balaban J connectivity index is 1.75. The molecule has 3 heterocycles. The van der Waals surface area contributed by atoms with Crippen LogP contribution in [0.2, 0.25) is 0 Å². The zero-order valence-electron chi connectivity index (χ0n) is 11.6. The van der Waals surface area contributed by atoms with Crippen molar-refractivity contribution in [3.8, 4) is 0 Å². The van der Waals surface area contributed by atoms with E-state index in [0.29, 0.717) is 6.61 Å². The molecule has 0 bridgehead atoms. The molecule has 0 spiro atoms. The maximum atomic E-state index is 5.95. The minimum Gasteiger partial charge on any atom is -0.367 e. The van der Waals surface area contributed by atoms with Crippen molar-refractivity contribution in [2.45, 2.75) is 76.7 Å². The van der Waals surface area contributed by atoms with Crippen LogP contribution in [-0.2, 0) is 23.7 Å². The quantitative estimate of drug-likeness (QED) is 0.712. The van der Waals surface area contributed by atoms with Gasteiger partial charge in [0.05, 0.1) is 12.7 Å². The average Bonchev–Trinajstić information content (AvgIpc) is 2.81. The van der Waals surface area contributed by atoms with Gasteiger partial charge in [-0.3, -0.25) is 0 Å². The van der Waals surface area contributed by atoms with Crippen molar-refractivity contribution < 1.29 is 23.7 Å². The van der Waals surface area contributed by atoms with Crippen molar-refractivity contribution in [3.63, 3.8) is 0 Å². The molecule has 5 heteroatoms. The van der Waals surface area contributed by atoms with E-state index in [1.165, 1.54) is 0 Å². The topological polar surface area (TPSA) is 46.2 Å². The maximum Gasteiger partial charge on any atom is 0.164 e. The Morgan fingerprint density at radius 1 is 0.833 bits per heavy atom. The molecule has 0 aromatic rings. The summed E-state index contributed by atoms with van der Waals surface area (Å²) in [5.74, 6) is -1.08. The van der Waals surface area contributed by atoms with Crippen molar-refractivity contribution in [2.24, 2.45) is 0 Å². The van der Waals surface area contributed by atoms with Gasteiger partial charge in [-0.15, -0.1) is 0 Å². The summed E-state index contributed by atoms with van der Waals surface area (Å²) in [7, 11) is 0. The molecular formula is C13H22O5. The lowest BCUT2D eigenvalue weighted by Crippen LogP contribution is -2.40. The molecule has 4 unspecified atom stereocenters. The highest BCUT2D eigenvalue weighted by Crippen LogP contribution is 2.41. The highest BCUT2D eigenvalue weighted by Gasteiger charge is 2.57. The summed E-state index contributed by atoms with van der Waals surface area (Å²) in [5, 5.41) is 0. The lowest BCUT2D eigenvalue weighted by atomic mass is 10.1. The van der Waals surface area contributed by atoms with E-state index in [0.717, 1.165) is 0 Å². The molecule has 18 heavy (non-hydrogen) atoms. The first-order valence-electron chi connectivity index (χ1n) is 6.60. The first kappa shape index (κ1) is 12.8. The SMILES string of the molecule is CC1O[C@@H](C2COC(C)(C)O2)C2OC(C)(C)OC12. The molecule has 3 aliphatic rings. The highest BCUT2D eigenvalue weighted by molar-refractivity contribution is 5.00. The van der Waals surface area contributed by atoms with Gasteiger partial charge in [0.25, 0.3) is 0 Å². The number of fused-ring (bicyclic) bond motifs is 1. The number of hydrogen-bond donors (Lipinski definition) is 0. The van der Waals surface area contributed by atoms with Gasteiger partial charge in [0.2, 0.25) is 0 Å². The third-order valence-corrected chi connectivity index (χ3v) is 3.72. The summed E-state index contributed by atoms with van der Waals surface area (Å²) >= 11 is 0. The van der Waals surface area contributed by atoms with E-state index in [4.69, 9.17) is 23.7 Å². The predicted octanol–water partition coefficient (Wildman–Crippen LogP) is 1.45. The lowest BCUT2D eigenvalue weighted by Gasteiger charge is -2.26. The van der Waals surface area contributed by atoms with Crippen molar-refractivity contribution in [3.05, 3.63) is 0 Å². The zero-order valence-corrected chi connectivity index (χ0v) is 11.6. The van der Waals surface area contributed by atoms with Gasteiger partial charge in [0, 0.05) is 0 Å². The van der Waals surface area contributed by atoms with Crippen LogP contribution in [-0.4, -0.2) is 48.7 Å². The van der Waals surface area contributed by atoms with E-state index in [-0.39, 0.29) is 30.5 Å². The predicted molar refractivity (Wildman–Crippen MR) is 63.1 cm³/mol. The molecule has 0 aromatic carbocycles. The normalized spacial score (nSPS) is 49.5. The molecule has 0 N–H and O–H groups in total. The third-order valence-electron chi connectivity index (χ3n) is 3.72. The minimum atomic E-state index is -0.541. The monoisotopic (exact) mass is 258 g/mol. The van der Waals surface area contributed by atoms with Gasteiger partial charge in [-0.1, -0.05) is 0 Å². The molecule has 3 rings (SSSR count). The second-order valence-electron chi connectivity index (χ2n) is 6.24. The molecule has 0 aromatic heterocycles. The van der Waals surface area contributed by atoms with Crippen LogP contribution in [0.25, 0.3) is 0 Å². The first-order chi connectivity index (χ1) is 8.27. The van der Waals surface area contributed by atoms with Crippen molar-refractivity contribution in [1.82, 2.24) is 0 Å². The molecule has 104 valence electrons. The number of ether oxygens (including phenoxy) is 5. The van der Waals surface area contributed by atoms with E-state index in [2.05, 4.69) is 0 Å². The summed E-state index contributed by atoms with van der Waals surface area (Å²) in [4.78, 5) is 0. The molecule has 5 nitrogen and oxygen atoms in total. The Hall–Kier alpha value is -0.200. The molecule has 5 atom stereocenters. The Morgan fingerprint density at radius 3 is 2.11 bits per heavy atom. The van der Waals surface area contributed by atoms with Gasteiger partial charge >= 0.3 is 0 Å². The fourth-order valence-electron chi connectivity index (χ4n) is 3.01. The Morgan fingerprint density at radius 2 is 1.50 bits per heavy atom. The van der Waals surface area contributed by atoms with Crippen LogP contribution in [0.3, 0.4) is 0 Å². The van der Waals surface area contributed by atoms with Gasteiger partial charge in [-0.2, -0.15) is 0 Å². The fourth-order valence-corrected chi connectivity index (χ4v) is 3.01. The van der Waals surface area contributed by atoms with Crippen LogP contribution < -0.4 is 0 Å². The molecule has 0 aliphatic carbocycles.